The Morgan fingerprint density at radius 2 is 2.12 bits per heavy atom. The van der Waals surface area contributed by atoms with Crippen LogP contribution in [0.25, 0.3) is 0 Å². The normalized spacial score (nSPS) is 31.4. The second-order valence-corrected chi connectivity index (χ2v) is 5.78. The van der Waals surface area contributed by atoms with Crippen LogP contribution in [0.5, 0.6) is 0 Å². The standard InChI is InChI=1S/C12H22N2O2S/c1-6-12(4)11(16)14(8(2)7-17-5)9(3)10(15)13-12/h8-9H,6-7H2,1-5H3,(H,13,15). The van der Waals surface area contributed by atoms with Crippen LogP contribution in [0.15, 0.2) is 0 Å². The van der Waals surface area contributed by atoms with E-state index in [9.17, 15) is 9.59 Å². The van der Waals surface area contributed by atoms with Crippen molar-refractivity contribution in [2.45, 2.75) is 51.7 Å². The molecule has 98 valence electrons. The minimum atomic E-state index is -0.740. The van der Waals surface area contributed by atoms with Crippen molar-refractivity contribution in [3.63, 3.8) is 0 Å². The Balaban J connectivity index is 2.99. The molecule has 0 saturated carbocycles. The zero-order chi connectivity index (χ0) is 13.2. The first-order valence-corrected chi connectivity index (χ1v) is 7.40. The summed E-state index contributed by atoms with van der Waals surface area (Å²) in [5, 5.41) is 2.83. The molecule has 0 aromatic carbocycles. The molecule has 5 heteroatoms. The van der Waals surface area contributed by atoms with E-state index in [0.717, 1.165) is 5.75 Å². The van der Waals surface area contributed by atoms with Crippen molar-refractivity contribution in [1.29, 1.82) is 0 Å². The fourth-order valence-corrected chi connectivity index (χ4v) is 2.80. The molecule has 1 aliphatic rings. The highest BCUT2D eigenvalue weighted by molar-refractivity contribution is 7.98. The molecular formula is C12H22N2O2S. The maximum Gasteiger partial charge on any atom is 0.248 e. The van der Waals surface area contributed by atoms with Crippen LogP contribution < -0.4 is 5.32 Å². The molecule has 2 amide bonds. The Morgan fingerprint density at radius 1 is 1.53 bits per heavy atom. The minimum absolute atomic E-state index is 0.0358. The molecule has 1 heterocycles. The molecular weight excluding hydrogens is 236 g/mol. The lowest BCUT2D eigenvalue weighted by molar-refractivity contribution is -0.155. The molecule has 1 fully saturated rings. The molecule has 0 spiro atoms. The summed E-state index contributed by atoms with van der Waals surface area (Å²) in [6.45, 7) is 7.52. The minimum Gasteiger partial charge on any atom is -0.340 e. The summed E-state index contributed by atoms with van der Waals surface area (Å²) in [5.74, 6) is 0.832. The van der Waals surface area contributed by atoms with Gasteiger partial charge in [-0.05, 0) is 33.4 Å². The van der Waals surface area contributed by atoms with E-state index >= 15 is 0 Å². The Labute approximate surface area is 108 Å². The van der Waals surface area contributed by atoms with E-state index in [1.807, 2.05) is 20.1 Å². The molecule has 0 aromatic heterocycles. The molecule has 1 saturated heterocycles. The number of rotatable bonds is 4. The smallest absolute Gasteiger partial charge is 0.248 e. The van der Waals surface area contributed by atoms with Gasteiger partial charge in [0.25, 0.3) is 0 Å². The molecule has 1 rings (SSSR count). The summed E-state index contributed by atoms with van der Waals surface area (Å²) in [6, 6.07) is -0.284. The maximum atomic E-state index is 12.5. The number of nitrogens with zero attached hydrogens (tertiary/aromatic N) is 1. The highest BCUT2D eigenvalue weighted by Crippen LogP contribution is 2.24. The van der Waals surface area contributed by atoms with Crippen molar-refractivity contribution in [2.24, 2.45) is 0 Å². The quantitative estimate of drug-likeness (QED) is 0.826. The summed E-state index contributed by atoms with van der Waals surface area (Å²) < 4.78 is 0. The van der Waals surface area contributed by atoms with Gasteiger partial charge in [0.2, 0.25) is 11.8 Å². The third-order valence-electron chi connectivity index (χ3n) is 3.49. The van der Waals surface area contributed by atoms with E-state index in [1.165, 1.54) is 0 Å². The lowest BCUT2D eigenvalue weighted by atomic mass is 9.91. The zero-order valence-corrected chi connectivity index (χ0v) is 12.1. The summed E-state index contributed by atoms with van der Waals surface area (Å²) >= 11 is 1.69. The van der Waals surface area contributed by atoms with E-state index in [-0.39, 0.29) is 23.9 Å². The molecule has 0 aromatic rings. The van der Waals surface area contributed by atoms with Gasteiger partial charge in [0, 0.05) is 11.8 Å². The van der Waals surface area contributed by atoms with E-state index in [1.54, 1.807) is 30.5 Å². The van der Waals surface area contributed by atoms with Crippen LogP contribution in [0.2, 0.25) is 0 Å². The van der Waals surface area contributed by atoms with Crippen molar-refractivity contribution in [1.82, 2.24) is 10.2 Å². The topological polar surface area (TPSA) is 49.4 Å². The molecule has 17 heavy (non-hydrogen) atoms. The van der Waals surface area contributed by atoms with E-state index in [2.05, 4.69) is 5.32 Å². The molecule has 4 nitrogen and oxygen atoms in total. The average Bonchev–Trinajstić information content (AvgIpc) is 2.27. The van der Waals surface area contributed by atoms with E-state index < -0.39 is 5.54 Å². The first-order chi connectivity index (χ1) is 7.87. The first-order valence-electron chi connectivity index (χ1n) is 6.01. The van der Waals surface area contributed by atoms with Crippen LogP contribution in [-0.4, -0.2) is 46.3 Å². The number of hydrogen-bond acceptors (Lipinski definition) is 3. The second kappa shape index (κ2) is 5.29. The fourth-order valence-electron chi connectivity index (χ4n) is 2.16. The number of nitrogens with one attached hydrogen (secondary N) is 1. The number of carbonyl (C=O) groups is 2. The van der Waals surface area contributed by atoms with Crippen LogP contribution in [0.3, 0.4) is 0 Å². The van der Waals surface area contributed by atoms with Crippen molar-refractivity contribution in [2.75, 3.05) is 12.0 Å². The number of piperazine rings is 1. The Kier molecular flexibility index (Phi) is 4.47. The maximum absolute atomic E-state index is 12.5. The van der Waals surface area contributed by atoms with Crippen molar-refractivity contribution in [3.8, 4) is 0 Å². The number of thioether (sulfide) groups is 1. The van der Waals surface area contributed by atoms with Gasteiger partial charge in [0.1, 0.15) is 11.6 Å². The predicted octanol–water partition coefficient (Wildman–Crippen LogP) is 1.25. The lowest BCUT2D eigenvalue weighted by Crippen LogP contribution is -2.70. The second-order valence-electron chi connectivity index (χ2n) is 4.87. The molecule has 3 atom stereocenters. The van der Waals surface area contributed by atoms with Gasteiger partial charge in [0.15, 0.2) is 0 Å². The largest absolute Gasteiger partial charge is 0.340 e. The predicted molar refractivity (Wildman–Crippen MR) is 71.0 cm³/mol. The zero-order valence-electron chi connectivity index (χ0n) is 11.2. The van der Waals surface area contributed by atoms with E-state index in [4.69, 9.17) is 0 Å². The highest BCUT2D eigenvalue weighted by Gasteiger charge is 2.46. The monoisotopic (exact) mass is 258 g/mol. The molecule has 0 aliphatic carbocycles. The van der Waals surface area contributed by atoms with Crippen LogP contribution in [0.4, 0.5) is 0 Å². The molecule has 0 radical (unpaired) electrons. The average molecular weight is 258 g/mol. The molecule has 1 N–H and O–H groups in total. The van der Waals surface area contributed by atoms with Crippen LogP contribution in [0, 0.1) is 0 Å². The summed E-state index contributed by atoms with van der Waals surface area (Å²) in [5.41, 5.74) is -0.740. The van der Waals surface area contributed by atoms with Gasteiger partial charge in [-0.3, -0.25) is 9.59 Å². The van der Waals surface area contributed by atoms with Crippen LogP contribution in [-0.2, 0) is 9.59 Å². The van der Waals surface area contributed by atoms with Gasteiger partial charge >= 0.3 is 0 Å². The Bertz CT molecular complexity index is 322. The van der Waals surface area contributed by atoms with Crippen molar-refractivity contribution >= 4 is 23.6 Å². The molecule has 3 unspecified atom stereocenters. The van der Waals surface area contributed by atoms with Gasteiger partial charge in [-0.25, -0.2) is 0 Å². The summed E-state index contributed by atoms with van der Waals surface area (Å²) in [7, 11) is 0. The summed E-state index contributed by atoms with van der Waals surface area (Å²) in [4.78, 5) is 26.1. The third-order valence-corrected chi connectivity index (χ3v) is 4.31. The first kappa shape index (κ1) is 14.4. The van der Waals surface area contributed by atoms with Gasteiger partial charge in [-0.2, -0.15) is 11.8 Å². The fraction of sp³-hybridized carbons (Fsp3) is 0.833. The number of carbonyl (C=O) groups excluding carboxylic acids is 2. The SMILES string of the molecule is CCC1(C)NC(=O)C(C)N(C(C)CSC)C1=O. The molecule has 0 bridgehead atoms. The van der Waals surface area contributed by atoms with Gasteiger partial charge in [0.05, 0.1) is 0 Å². The van der Waals surface area contributed by atoms with Gasteiger partial charge in [-0.1, -0.05) is 6.92 Å². The number of amides is 2. The summed E-state index contributed by atoms with van der Waals surface area (Å²) in [6.07, 6.45) is 2.63. The van der Waals surface area contributed by atoms with Crippen molar-refractivity contribution in [3.05, 3.63) is 0 Å². The third kappa shape index (κ3) is 2.59. The van der Waals surface area contributed by atoms with Crippen LogP contribution >= 0.6 is 11.8 Å². The number of hydrogen-bond donors (Lipinski definition) is 1. The highest BCUT2D eigenvalue weighted by atomic mass is 32.2. The Morgan fingerprint density at radius 3 is 2.59 bits per heavy atom. The van der Waals surface area contributed by atoms with Crippen LogP contribution in [0.1, 0.15) is 34.1 Å². The van der Waals surface area contributed by atoms with E-state index in [0.29, 0.717) is 6.42 Å². The van der Waals surface area contributed by atoms with Gasteiger partial charge < -0.3 is 10.2 Å². The van der Waals surface area contributed by atoms with Gasteiger partial charge in [-0.15, -0.1) is 0 Å². The molecule has 1 aliphatic heterocycles. The van der Waals surface area contributed by atoms with Crippen molar-refractivity contribution < 1.29 is 9.59 Å². The Hall–Kier alpha value is -0.710. The lowest BCUT2D eigenvalue weighted by Gasteiger charge is -2.45.